The molecule has 1 aliphatic rings. The second-order valence-electron chi connectivity index (χ2n) is 4.65. The van der Waals surface area contributed by atoms with Crippen LogP contribution in [0.3, 0.4) is 0 Å². The summed E-state index contributed by atoms with van der Waals surface area (Å²) in [5.74, 6) is 0.658. The highest BCUT2D eigenvalue weighted by Crippen LogP contribution is 2.22. The van der Waals surface area contributed by atoms with Crippen molar-refractivity contribution in [2.24, 2.45) is 10.9 Å². The van der Waals surface area contributed by atoms with Crippen LogP contribution in [-0.4, -0.2) is 34.4 Å². The third kappa shape index (κ3) is 2.57. The highest BCUT2D eigenvalue weighted by Gasteiger charge is 2.31. The number of hydrogen-bond donors (Lipinski definition) is 2. The fraction of sp³-hybridized carbons (Fsp3) is 0.538. The van der Waals surface area contributed by atoms with Gasteiger partial charge in [-0.2, -0.15) is 0 Å². The Morgan fingerprint density at radius 1 is 1.63 bits per heavy atom. The number of furan rings is 1. The summed E-state index contributed by atoms with van der Waals surface area (Å²) in [5, 5.41) is 11.9. The van der Waals surface area contributed by atoms with Crippen LogP contribution in [0, 0.1) is 0 Å². The molecule has 0 saturated carbocycles. The first kappa shape index (κ1) is 13.5. The smallest absolute Gasteiger partial charge is 0.258 e. The summed E-state index contributed by atoms with van der Waals surface area (Å²) in [7, 11) is 0. The van der Waals surface area contributed by atoms with E-state index >= 15 is 0 Å². The van der Waals surface area contributed by atoms with Crippen LogP contribution in [0.2, 0.25) is 0 Å². The topological polar surface area (TPSA) is 92.1 Å². The number of nitrogens with zero attached hydrogens (tertiary/aromatic N) is 2. The molecule has 3 N–H and O–H groups in total. The Hall–Kier alpha value is -1.98. The molecule has 1 unspecified atom stereocenters. The third-order valence-corrected chi connectivity index (χ3v) is 3.52. The Morgan fingerprint density at radius 3 is 3.11 bits per heavy atom. The van der Waals surface area contributed by atoms with Crippen LogP contribution < -0.4 is 5.73 Å². The first-order valence-electron chi connectivity index (χ1n) is 6.53. The van der Waals surface area contributed by atoms with Crippen molar-refractivity contribution in [1.82, 2.24) is 4.90 Å². The quantitative estimate of drug-likeness (QED) is 0.375. The van der Waals surface area contributed by atoms with E-state index < -0.39 is 0 Å². The molecular weight excluding hydrogens is 246 g/mol. The van der Waals surface area contributed by atoms with Crippen LogP contribution in [0.4, 0.5) is 0 Å². The predicted molar refractivity (Wildman–Crippen MR) is 70.2 cm³/mol. The van der Waals surface area contributed by atoms with Crippen LogP contribution in [0.25, 0.3) is 0 Å². The van der Waals surface area contributed by atoms with Crippen molar-refractivity contribution in [3.63, 3.8) is 0 Å². The number of amides is 1. The van der Waals surface area contributed by atoms with E-state index in [-0.39, 0.29) is 17.8 Å². The van der Waals surface area contributed by atoms with Crippen molar-refractivity contribution in [3.05, 3.63) is 23.7 Å². The number of aryl methyl sites for hydroxylation is 1. The summed E-state index contributed by atoms with van der Waals surface area (Å²) in [6, 6.07) is 1.35. The van der Waals surface area contributed by atoms with Crippen LogP contribution in [-0.2, 0) is 6.42 Å². The van der Waals surface area contributed by atoms with Crippen LogP contribution in [0.5, 0.6) is 0 Å². The highest BCUT2D eigenvalue weighted by atomic mass is 16.4. The second kappa shape index (κ2) is 5.77. The molecule has 2 rings (SSSR count). The molecule has 6 heteroatoms. The lowest BCUT2D eigenvalue weighted by Crippen LogP contribution is -2.50. The van der Waals surface area contributed by atoms with Crippen molar-refractivity contribution in [2.45, 2.75) is 38.6 Å². The second-order valence-corrected chi connectivity index (χ2v) is 4.65. The first-order valence-corrected chi connectivity index (χ1v) is 6.53. The van der Waals surface area contributed by atoms with Gasteiger partial charge in [0, 0.05) is 13.0 Å². The number of nitrogens with two attached hydrogens (primary N) is 1. The molecule has 0 bridgehead atoms. The largest absolute Gasteiger partial charge is 0.469 e. The van der Waals surface area contributed by atoms with E-state index in [9.17, 15) is 4.79 Å². The maximum absolute atomic E-state index is 12.5. The van der Waals surface area contributed by atoms with Crippen molar-refractivity contribution in [1.29, 1.82) is 0 Å². The summed E-state index contributed by atoms with van der Waals surface area (Å²) in [5.41, 5.74) is 6.25. The number of piperidine rings is 1. The molecular formula is C13H19N3O3. The van der Waals surface area contributed by atoms with Gasteiger partial charge in [0.15, 0.2) is 5.84 Å². The van der Waals surface area contributed by atoms with E-state index in [0.29, 0.717) is 24.3 Å². The molecule has 19 heavy (non-hydrogen) atoms. The lowest BCUT2D eigenvalue weighted by Gasteiger charge is -2.34. The minimum Gasteiger partial charge on any atom is -0.469 e. The van der Waals surface area contributed by atoms with Crippen molar-refractivity contribution in [2.75, 3.05) is 6.54 Å². The summed E-state index contributed by atoms with van der Waals surface area (Å²) in [4.78, 5) is 14.2. The molecule has 1 aliphatic heterocycles. The number of amidine groups is 1. The SMILES string of the molecule is CCc1occc1C(=O)N1CCCCC1/C(N)=N/O. The average molecular weight is 265 g/mol. The van der Waals surface area contributed by atoms with Gasteiger partial charge >= 0.3 is 0 Å². The fourth-order valence-electron chi connectivity index (χ4n) is 2.51. The summed E-state index contributed by atoms with van der Waals surface area (Å²) in [6.45, 7) is 2.56. The first-order chi connectivity index (χ1) is 9.19. The lowest BCUT2D eigenvalue weighted by molar-refractivity contribution is 0.0674. The van der Waals surface area contributed by atoms with Gasteiger partial charge in [0.25, 0.3) is 5.91 Å². The van der Waals surface area contributed by atoms with Crippen molar-refractivity contribution in [3.8, 4) is 0 Å². The van der Waals surface area contributed by atoms with Gasteiger partial charge in [-0.15, -0.1) is 0 Å². The highest BCUT2D eigenvalue weighted by molar-refractivity contribution is 5.99. The maximum Gasteiger partial charge on any atom is 0.258 e. The van der Waals surface area contributed by atoms with Gasteiger partial charge in [-0.3, -0.25) is 4.79 Å². The normalized spacial score (nSPS) is 20.6. The third-order valence-electron chi connectivity index (χ3n) is 3.52. The zero-order valence-corrected chi connectivity index (χ0v) is 11.0. The number of hydrogen-bond acceptors (Lipinski definition) is 4. The minimum absolute atomic E-state index is 0.0922. The zero-order valence-electron chi connectivity index (χ0n) is 11.0. The molecule has 104 valence electrons. The molecule has 6 nitrogen and oxygen atoms in total. The minimum atomic E-state index is -0.328. The van der Waals surface area contributed by atoms with Crippen LogP contribution >= 0.6 is 0 Å². The predicted octanol–water partition coefficient (Wildman–Crippen LogP) is 1.58. The Kier molecular flexibility index (Phi) is 4.09. The average Bonchev–Trinajstić information content (AvgIpc) is 2.94. The molecule has 1 amide bonds. The van der Waals surface area contributed by atoms with Gasteiger partial charge in [-0.1, -0.05) is 12.1 Å². The number of likely N-dealkylation sites (tertiary alicyclic amines) is 1. The Bertz CT molecular complexity index is 481. The molecule has 2 heterocycles. The van der Waals surface area contributed by atoms with Gasteiger partial charge in [0.1, 0.15) is 5.76 Å². The van der Waals surface area contributed by atoms with Gasteiger partial charge in [0.05, 0.1) is 17.9 Å². The van der Waals surface area contributed by atoms with E-state index in [2.05, 4.69) is 5.16 Å². The van der Waals surface area contributed by atoms with Gasteiger partial charge in [-0.05, 0) is 25.3 Å². The monoisotopic (exact) mass is 265 g/mol. The number of carbonyl (C=O) groups excluding carboxylic acids is 1. The summed E-state index contributed by atoms with van der Waals surface area (Å²) < 4.78 is 5.29. The molecule has 0 spiro atoms. The summed E-state index contributed by atoms with van der Waals surface area (Å²) >= 11 is 0. The molecule has 1 aromatic rings. The van der Waals surface area contributed by atoms with Crippen LogP contribution in [0.15, 0.2) is 21.9 Å². The Morgan fingerprint density at radius 2 is 2.42 bits per heavy atom. The molecule has 0 radical (unpaired) electrons. The van der Waals surface area contributed by atoms with Crippen molar-refractivity contribution < 1.29 is 14.4 Å². The zero-order chi connectivity index (χ0) is 13.8. The van der Waals surface area contributed by atoms with Crippen molar-refractivity contribution >= 4 is 11.7 Å². The Balaban J connectivity index is 2.25. The molecule has 0 aliphatic carbocycles. The van der Waals surface area contributed by atoms with E-state index in [1.807, 2.05) is 6.92 Å². The van der Waals surface area contributed by atoms with Crippen LogP contribution in [0.1, 0.15) is 42.3 Å². The molecule has 0 aromatic carbocycles. The van der Waals surface area contributed by atoms with Gasteiger partial charge < -0.3 is 20.3 Å². The fourth-order valence-corrected chi connectivity index (χ4v) is 2.51. The number of rotatable bonds is 3. The van der Waals surface area contributed by atoms with E-state index in [4.69, 9.17) is 15.4 Å². The standard InChI is InChI=1S/C13H19N3O3/c1-2-11-9(6-8-19-11)13(17)16-7-4-3-5-10(16)12(14)15-18/h6,8,10,18H,2-5,7H2,1H3,(H2,14,15). The van der Waals surface area contributed by atoms with E-state index in [0.717, 1.165) is 19.3 Å². The van der Waals surface area contributed by atoms with E-state index in [1.165, 1.54) is 6.26 Å². The molecule has 1 aromatic heterocycles. The van der Waals surface area contributed by atoms with E-state index in [1.54, 1.807) is 11.0 Å². The molecule has 1 saturated heterocycles. The summed E-state index contributed by atoms with van der Waals surface area (Å²) in [6.07, 6.45) is 4.81. The maximum atomic E-state index is 12.5. The lowest BCUT2D eigenvalue weighted by atomic mass is 10.00. The van der Waals surface area contributed by atoms with Gasteiger partial charge in [-0.25, -0.2) is 0 Å². The number of oxime groups is 1. The number of carbonyl (C=O) groups is 1. The Labute approximate surface area is 111 Å². The van der Waals surface area contributed by atoms with Gasteiger partial charge in [0.2, 0.25) is 0 Å². The molecule has 1 fully saturated rings. The molecule has 1 atom stereocenters.